The van der Waals surface area contributed by atoms with E-state index in [1.54, 1.807) is 21.3 Å². The van der Waals surface area contributed by atoms with Crippen LogP contribution in [0.1, 0.15) is 25.0 Å². The fraction of sp³-hybridized carbons (Fsp3) is 0.458. The fourth-order valence-corrected chi connectivity index (χ4v) is 3.71. The van der Waals surface area contributed by atoms with E-state index in [0.29, 0.717) is 5.96 Å². The summed E-state index contributed by atoms with van der Waals surface area (Å²) >= 11 is 0. The monoisotopic (exact) mass is 442 g/mol. The topological polar surface area (TPSA) is 87.6 Å². The number of aliphatic hydroxyl groups is 1. The van der Waals surface area contributed by atoms with Crippen molar-refractivity contribution in [2.24, 2.45) is 4.99 Å². The molecule has 2 atom stereocenters. The van der Waals surface area contributed by atoms with Gasteiger partial charge in [-0.3, -0.25) is 4.99 Å². The minimum absolute atomic E-state index is 0.239. The van der Waals surface area contributed by atoms with E-state index < -0.39 is 6.10 Å². The number of aliphatic imine (C=N–C) groups is 1. The van der Waals surface area contributed by atoms with E-state index in [9.17, 15) is 5.11 Å². The lowest BCUT2D eigenvalue weighted by Gasteiger charge is -2.21. The van der Waals surface area contributed by atoms with Gasteiger partial charge in [-0.2, -0.15) is 0 Å². The van der Waals surface area contributed by atoms with Gasteiger partial charge >= 0.3 is 0 Å². The molecule has 174 valence electrons. The van der Waals surface area contributed by atoms with Crippen molar-refractivity contribution >= 4 is 11.6 Å². The predicted molar refractivity (Wildman–Crippen MR) is 127 cm³/mol. The van der Waals surface area contributed by atoms with Crippen molar-refractivity contribution in [2.45, 2.75) is 25.5 Å². The number of benzene rings is 2. The zero-order valence-corrected chi connectivity index (χ0v) is 19.3. The molecule has 0 aromatic heterocycles. The standard InChI is InChI=1S/C24H34N4O4/c1-5-25-24(26-15-23(29)17-6-8-20(30-2)9-7-17)27-18-10-11-28(16-18)19-12-21(31-3)14-22(13-19)32-4/h6-9,12-14,18,23,29H,5,10-11,15-16H2,1-4H3,(H2,25,26,27). The van der Waals surface area contributed by atoms with Crippen molar-refractivity contribution in [1.82, 2.24) is 10.6 Å². The van der Waals surface area contributed by atoms with Crippen molar-refractivity contribution < 1.29 is 19.3 Å². The van der Waals surface area contributed by atoms with Gasteiger partial charge in [0.05, 0.1) is 34.0 Å². The van der Waals surface area contributed by atoms with Gasteiger partial charge in [0.25, 0.3) is 0 Å². The van der Waals surface area contributed by atoms with E-state index in [4.69, 9.17) is 14.2 Å². The molecule has 8 nitrogen and oxygen atoms in total. The molecule has 2 aromatic rings. The van der Waals surface area contributed by atoms with E-state index in [1.807, 2.05) is 49.4 Å². The number of hydrogen-bond donors (Lipinski definition) is 3. The maximum absolute atomic E-state index is 10.5. The second kappa shape index (κ2) is 11.5. The first-order chi connectivity index (χ1) is 15.6. The van der Waals surface area contributed by atoms with E-state index in [2.05, 4.69) is 20.5 Å². The SMILES string of the molecule is CCNC(=NCC(O)c1ccc(OC)cc1)NC1CCN(c2cc(OC)cc(OC)c2)C1. The molecule has 2 aromatic carbocycles. The van der Waals surface area contributed by atoms with E-state index >= 15 is 0 Å². The Kier molecular flexibility index (Phi) is 8.44. The number of ether oxygens (including phenoxy) is 3. The Hall–Kier alpha value is -3.13. The van der Waals surface area contributed by atoms with Crippen LogP contribution in [0.3, 0.4) is 0 Å². The zero-order valence-electron chi connectivity index (χ0n) is 19.3. The molecule has 1 heterocycles. The molecule has 0 spiro atoms. The number of nitrogens with zero attached hydrogens (tertiary/aromatic N) is 2. The van der Waals surface area contributed by atoms with Crippen molar-refractivity contribution in [3.63, 3.8) is 0 Å². The number of methoxy groups -OCH3 is 3. The zero-order chi connectivity index (χ0) is 22.9. The Morgan fingerprint density at radius 2 is 1.72 bits per heavy atom. The number of anilines is 1. The second-order valence-electron chi connectivity index (χ2n) is 7.66. The highest BCUT2D eigenvalue weighted by Crippen LogP contribution is 2.30. The summed E-state index contributed by atoms with van der Waals surface area (Å²) in [6, 6.07) is 13.6. The average Bonchev–Trinajstić information content (AvgIpc) is 3.30. The molecule has 1 aliphatic heterocycles. The van der Waals surface area contributed by atoms with Crippen LogP contribution in [0.15, 0.2) is 47.5 Å². The molecule has 1 saturated heterocycles. The molecular formula is C24H34N4O4. The van der Waals surface area contributed by atoms with Crippen LogP contribution in [0.25, 0.3) is 0 Å². The Morgan fingerprint density at radius 1 is 1.06 bits per heavy atom. The molecule has 3 rings (SSSR count). The lowest BCUT2D eigenvalue weighted by molar-refractivity contribution is 0.187. The summed E-state index contributed by atoms with van der Waals surface area (Å²) in [5, 5.41) is 17.3. The maximum atomic E-state index is 10.5. The van der Waals surface area contributed by atoms with Crippen LogP contribution < -0.4 is 29.7 Å². The molecule has 0 bridgehead atoms. The molecule has 32 heavy (non-hydrogen) atoms. The third-order valence-corrected chi connectivity index (χ3v) is 5.50. The summed E-state index contributed by atoms with van der Waals surface area (Å²) in [6.07, 6.45) is 0.297. The first-order valence-electron chi connectivity index (χ1n) is 10.9. The largest absolute Gasteiger partial charge is 0.497 e. The van der Waals surface area contributed by atoms with E-state index in [1.165, 1.54) is 0 Å². The molecule has 1 aliphatic rings. The van der Waals surface area contributed by atoms with Gasteiger partial charge in [0.15, 0.2) is 5.96 Å². The summed E-state index contributed by atoms with van der Waals surface area (Å²) in [5.74, 6) is 3.02. The molecular weight excluding hydrogens is 408 g/mol. The van der Waals surface area contributed by atoms with Crippen LogP contribution in [-0.2, 0) is 0 Å². The van der Waals surface area contributed by atoms with E-state index in [-0.39, 0.29) is 12.6 Å². The van der Waals surface area contributed by atoms with Crippen molar-refractivity contribution in [2.75, 3.05) is 52.4 Å². The number of rotatable bonds is 9. The summed E-state index contributed by atoms with van der Waals surface area (Å²) in [4.78, 5) is 6.91. The van der Waals surface area contributed by atoms with Gasteiger partial charge in [0.2, 0.25) is 0 Å². The van der Waals surface area contributed by atoms with Gasteiger partial charge in [-0.05, 0) is 31.0 Å². The number of aliphatic hydroxyl groups excluding tert-OH is 1. The fourth-order valence-electron chi connectivity index (χ4n) is 3.71. The Morgan fingerprint density at radius 3 is 2.31 bits per heavy atom. The molecule has 0 radical (unpaired) electrons. The van der Waals surface area contributed by atoms with Crippen molar-refractivity contribution in [1.29, 1.82) is 0 Å². The van der Waals surface area contributed by atoms with Gasteiger partial charge in [0, 0.05) is 49.6 Å². The van der Waals surface area contributed by atoms with Crippen LogP contribution >= 0.6 is 0 Å². The summed E-state index contributed by atoms with van der Waals surface area (Å²) < 4.78 is 16.0. The maximum Gasteiger partial charge on any atom is 0.191 e. The van der Waals surface area contributed by atoms with Crippen molar-refractivity contribution in [3.05, 3.63) is 48.0 Å². The van der Waals surface area contributed by atoms with Gasteiger partial charge in [0.1, 0.15) is 17.2 Å². The number of guanidine groups is 1. The molecule has 3 N–H and O–H groups in total. The van der Waals surface area contributed by atoms with Gasteiger partial charge in [-0.1, -0.05) is 12.1 Å². The smallest absolute Gasteiger partial charge is 0.191 e. The first kappa shape index (κ1) is 23.5. The molecule has 0 amide bonds. The quantitative estimate of drug-likeness (QED) is 0.406. The van der Waals surface area contributed by atoms with E-state index in [0.717, 1.165) is 54.6 Å². The lowest BCUT2D eigenvalue weighted by atomic mass is 10.1. The van der Waals surface area contributed by atoms with Gasteiger partial charge < -0.3 is 34.9 Å². The summed E-state index contributed by atoms with van der Waals surface area (Å²) in [6.45, 7) is 4.80. The van der Waals surface area contributed by atoms with Crippen molar-refractivity contribution in [3.8, 4) is 17.2 Å². The van der Waals surface area contributed by atoms with Gasteiger partial charge in [-0.15, -0.1) is 0 Å². The summed E-state index contributed by atoms with van der Waals surface area (Å²) in [7, 11) is 4.94. The Balaban J connectivity index is 1.61. The third-order valence-electron chi connectivity index (χ3n) is 5.50. The highest BCUT2D eigenvalue weighted by Gasteiger charge is 2.24. The Labute approximate surface area is 190 Å². The number of hydrogen-bond acceptors (Lipinski definition) is 6. The van der Waals surface area contributed by atoms with Crippen LogP contribution in [0.2, 0.25) is 0 Å². The van der Waals surface area contributed by atoms with Crippen LogP contribution in [0.4, 0.5) is 5.69 Å². The molecule has 0 aliphatic carbocycles. The second-order valence-corrected chi connectivity index (χ2v) is 7.66. The van der Waals surface area contributed by atoms with Crippen LogP contribution in [0, 0.1) is 0 Å². The predicted octanol–water partition coefficient (Wildman–Crippen LogP) is 2.58. The highest BCUT2D eigenvalue weighted by atomic mass is 16.5. The van der Waals surface area contributed by atoms with Gasteiger partial charge in [-0.25, -0.2) is 0 Å². The van der Waals surface area contributed by atoms with Crippen LogP contribution in [-0.4, -0.2) is 64.6 Å². The lowest BCUT2D eigenvalue weighted by Crippen LogP contribution is -2.44. The molecule has 1 fully saturated rings. The highest BCUT2D eigenvalue weighted by molar-refractivity contribution is 5.80. The molecule has 8 heteroatoms. The molecule has 0 saturated carbocycles. The minimum Gasteiger partial charge on any atom is -0.497 e. The normalized spacial score (nSPS) is 17.1. The average molecular weight is 443 g/mol. The number of nitrogens with one attached hydrogen (secondary N) is 2. The first-order valence-corrected chi connectivity index (χ1v) is 10.9. The Bertz CT molecular complexity index is 866. The van der Waals surface area contributed by atoms with Crippen LogP contribution in [0.5, 0.6) is 17.2 Å². The minimum atomic E-state index is -0.680. The summed E-state index contributed by atoms with van der Waals surface area (Å²) in [5.41, 5.74) is 1.88. The third kappa shape index (κ3) is 6.20. The molecule has 2 unspecified atom stereocenters.